The molecule has 5 aliphatic carbocycles. The van der Waals surface area contributed by atoms with Gasteiger partial charge in [-0.05, 0) is 54.1 Å². The van der Waals surface area contributed by atoms with Crippen molar-refractivity contribution in [2.24, 2.45) is 47.3 Å². The molecule has 0 radical (unpaired) electrons. The number of hydrogen-bond acceptors (Lipinski definition) is 4. The molecule has 1 spiro atoms. The number of rotatable bonds is 3. The summed E-state index contributed by atoms with van der Waals surface area (Å²) >= 11 is 0. The summed E-state index contributed by atoms with van der Waals surface area (Å²) in [6.45, 7) is 2.53. The van der Waals surface area contributed by atoms with Crippen LogP contribution in [0.5, 0.6) is 0 Å². The first-order chi connectivity index (χ1) is 11.4. The van der Waals surface area contributed by atoms with E-state index < -0.39 is 0 Å². The van der Waals surface area contributed by atoms with Crippen molar-refractivity contribution < 1.29 is 9.47 Å². The zero-order valence-electron chi connectivity index (χ0n) is 13.1. The monoisotopic (exact) mass is 310 g/mol. The molecule has 23 heavy (non-hydrogen) atoms. The van der Waals surface area contributed by atoms with Gasteiger partial charge in [-0.1, -0.05) is 6.07 Å². The number of aromatic nitrogens is 1. The lowest BCUT2D eigenvalue weighted by molar-refractivity contribution is -0.264. The summed E-state index contributed by atoms with van der Waals surface area (Å²) < 4.78 is 12.6. The molecule has 0 aromatic carbocycles. The normalized spacial score (nSPS) is 55.2. The second-order valence-electron chi connectivity index (χ2n) is 8.57. The maximum atomic E-state index is 6.31. The van der Waals surface area contributed by atoms with E-state index in [4.69, 9.17) is 9.47 Å². The molecule has 5 saturated carbocycles. The van der Waals surface area contributed by atoms with Crippen LogP contribution < -0.4 is 5.32 Å². The van der Waals surface area contributed by atoms with Crippen LogP contribution in [0.3, 0.4) is 0 Å². The zero-order chi connectivity index (χ0) is 14.8. The molecule has 2 bridgehead atoms. The van der Waals surface area contributed by atoms with Crippen LogP contribution >= 0.6 is 0 Å². The van der Waals surface area contributed by atoms with Crippen molar-refractivity contribution in [3.05, 3.63) is 30.1 Å². The number of ether oxygens (including phenoxy) is 2. The third kappa shape index (κ3) is 1.16. The molecule has 4 nitrogen and oxygen atoms in total. The van der Waals surface area contributed by atoms with Crippen LogP contribution in [-0.2, 0) is 16.0 Å². The van der Waals surface area contributed by atoms with Gasteiger partial charge in [0.1, 0.15) is 0 Å². The molecule has 120 valence electrons. The third-order valence-electron chi connectivity index (χ3n) is 8.36. The third-order valence-corrected chi connectivity index (χ3v) is 8.36. The molecule has 1 saturated heterocycles. The molecule has 0 unspecified atom stereocenters. The van der Waals surface area contributed by atoms with Crippen molar-refractivity contribution in [3.8, 4) is 0 Å². The van der Waals surface area contributed by atoms with E-state index in [0.717, 1.165) is 61.0 Å². The highest BCUT2D eigenvalue weighted by Gasteiger charge is 2.88. The highest BCUT2D eigenvalue weighted by Crippen LogP contribution is 2.86. The predicted molar refractivity (Wildman–Crippen MR) is 82.0 cm³/mol. The Kier molecular flexibility index (Phi) is 2.06. The molecule has 1 aromatic rings. The second kappa shape index (κ2) is 3.81. The summed E-state index contributed by atoms with van der Waals surface area (Å²) in [7, 11) is 0. The molecule has 0 amide bonds. The van der Waals surface area contributed by atoms with Gasteiger partial charge in [-0.3, -0.25) is 4.98 Å². The number of fused-ring (bicyclic) bond motifs is 4. The molecule has 6 fully saturated rings. The van der Waals surface area contributed by atoms with Gasteiger partial charge >= 0.3 is 0 Å². The quantitative estimate of drug-likeness (QED) is 0.922. The lowest BCUT2D eigenvalue weighted by Crippen LogP contribution is -2.62. The maximum absolute atomic E-state index is 6.31. The molecule has 1 aliphatic heterocycles. The lowest BCUT2D eigenvalue weighted by Gasteiger charge is -2.54. The van der Waals surface area contributed by atoms with Crippen LogP contribution in [0.15, 0.2) is 24.4 Å². The summed E-state index contributed by atoms with van der Waals surface area (Å²) in [5.41, 5.74) is 1.16. The van der Waals surface area contributed by atoms with E-state index in [2.05, 4.69) is 22.4 Å². The fourth-order valence-electron chi connectivity index (χ4n) is 8.31. The minimum absolute atomic E-state index is 0.171. The number of nitrogens with one attached hydrogen (secondary N) is 1. The van der Waals surface area contributed by atoms with Crippen LogP contribution in [0.1, 0.15) is 12.1 Å². The fraction of sp³-hybridized carbons (Fsp3) is 0.737. The van der Waals surface area contributed by atoms with E-state index in [1.165, 1.54) is 6.42 Å². The zero-order valence-corrected chi connectivity index (χ0v) is 13.1. The summed E-state index contributed by atoms with van der Waals surface area (Å²) in [5, 5.41) is 3.91. The number of pyridine rings is 1. The largest absolute Gasteiger partial charge is 0.347 e. The van der Waals surface area contributed by atoms with Crippen LogP contribution in [0.25, 0.3) is 0 Å². The van der Waals surface area contributed by atoms with Gasteiger partial charge in [-0.25, -0.2) is 0 Å². The molecule has 7 rings (SSSR count). The molecular formula is C19H22N2O2. The Morgan fingerprint density at radius 3 is 2.78 bits per heavy atom. The Balaban J connectivity index is 1.23. The minimum Gasteiger partial charge on any atom is -0.347 e. The van der Waals surface area contributed by atoms with Crippen molar-refractivity contribution in [2.45, 2.75) is 24.8 Å². The SMILES string of the molecule is c1ccc(CN[C@@H]2[C@H]3[C@H]4[C@@H]5C[C@@H]6[C@H]4[C@H]3C3(OCCO3)[C@@H]6[C@@H]52)nc1. The standard InChI is InChI=1S/C19H22N2O2/c1-2-4-20-9(3-1)8-21-18-14-10-7-11-13-12(10)15(18)17(13)19(16(11)14)22-5-6-23-19/h1-4,10-18,21H,5-8H2/t10-,11+,12-,13+,14+,15-,16-,17+,18-/m0/s1. The fourth-order valence-corrected chi connectivity index (χ4v) is 8.31. The van der Waals surface area contributed by atoms with Crippen LogP contribution in [0, 0.1) is 47.3 Å². The van der Waals surface area contributed by atoms with E-state index >= 15 is 0 Å². The van der Waals surface area contributed by atoms with Gasteiger partial charge in [-0.2, -0.15) is 0 Å². The first kappa shape index (κ1) is 12.4. The minimum atomic E-state index is -0.171. The molecule has 6 aliphatic rings. The Bertz CT molecular complexity index is 673. The summed E-state index contributed by atoms with van der Waals surface area (Å²) in [6.07, 6.45) is 3.35. The van der Waals surface area contributed by atoms with Crippen molar-refractivity contribution >= 4 is 0 Å². The van der Waals surface area contributed by atoms with Gasteiger partial charge in [0.15, 0.2) is 5.79 Å². The lowest BCUT2D eigenvalue weighted by atomic mass is 9.57. The first-order valence-corrected chi connectivity index (χ1v) is 9.31. The highest BCUT2D eigenvalue weighted by atomic mass is 16.7. The van der Waals surface area contributed by atoms with Gasteiger partial charge < -0.3 is 14.8 Å². The van der Waals surface area contributed by atoms with Crippen LogP contribution in [0.2, 0.25) is 0 Å². The van der Waals surface area contributed by atoms with Gasteiger partial charge in [-0.15, -0.1) is 0 Å². The molecule has 9 atom stereocenters. The maximum Gasteiger partial charge on any atom is 0.175 e. The molecule has 2 heterocycles. The average molecular weight is 310 g/mol. The summed E-state index contributed by atoms with van der Waals surface area (Å²) in [4.78, 5) is 4.48. The Morgan fingerprint density at radius 2 is 1.96 bits per heavy atom. The van der Waals surface area contributed by atoms with E-state index in [9.17, 15) is 0 Å². The van der Waals surface area contributed by atoms with Gasteiger partial charge in [0, 0.05) is 30.6 Å². The Morgan fingerprint density at radius 1 is 1.04 bits per heavy atom. The molecule has 1 N–H and O–H groups in total. The highest BCUT2D eigenvalue weighted by molar-refractivity contribution is 5.34. The molecule has 1 aromatic heterocycles. The smallest absolute Gasteiger partial charge is 0.175 e. The van der Waals surface area contributed by atoms with Crippen molar-refractivity contribution in [3.63, 3.8) is 0 Å². The van der Waals surface area contributed by atoms with Gasteiger partial charge in [0.25, 0.3) is 0 Å². The van der Waals surface area contributed by atoms with Crippen molar-refractivity contribution in [1.29, 1.82) is 0 Å². The van der Waals surface area contributed by atoms with Crippen LogP contribution in [-0.4, -0.2) is 30.0 Å². The van der Waals surface area contributed by atoms with E-state index in [-0.39, 0.29) is 5.79 Å². The summed E-state index contributed by atoms with van der Waals surface area (Å²) in [5.74, 6) is 6.49. The average Bonchev–Trinajstić information content (AvgIpc) is 3.24. The van der Waals surface area contributed by atoms with Gasteiger partial charge in [0.2, 0.25) is 0 Å². The van der Waals surface area contributed by atoms with Crippen molar-refractivity contribution in [2.75, 3.05) is 13.2 Å². The Labute approximate surface area is 136 Å². The predicted octanol–water partition coefficient (Wildman–Crippen LogP) is 1.67. The van der Waals surface area contributed by atoms with E-state index in [0.29, 0.717) is 17.9 Å². The topological polar surface area (TPSA) is 43.4 Å². The van der Waals surface area contributed by atoms with E-state index in [1.807, 2.05) is 12.3 Å². The van der Waals surface area contributed by atoms with E-state index in [1.54, 1.807) is 0 Å². The van der Waals surface area contributed by atoms with Gasteiger partial charge in [0.05, 0.1) is 18.9 Å². The summed E-state index contributed by atoms with van der Waals surface area (Å²) in [6, 6.07) is 6.87. The number of nitrogens with zero attached hydrogens (tertiary/aromatic N) is 1. The van der Waals surface area contributed by atoms with Crippen LogP contribution in [0.4, 0.5) is 0 Å². The number of hydrogen-bond donors (Lipinski definition) is 1. The molecular weight excluding hydrogens is 288 g/mol. The second-order valence-corrected chi connectivity index (χ2v) is 8.57. The Hall–Kier alpha value is -0.970. The molecule has 4 heteroatoms. The van der Waals surface area contributed by atoms with Crippen molar-refractivity contribution in [1.82, 2.24) is 10.3 Å². The first-order valence-electron chi connectivity index (χ1n) is 9.31.